The van der Waals surface area contributed by atoms with Crippen LogP contribution in [0.25, 0.3) is 27.8 Å². The summed E-state index contributed by atoms with van der Waals surface area (Å²) in [5, 5.41) is 0.478. The lowest BCUT2D eigenvalue weighted by Gasteiger charge is -2.11. The van der Waals surface area contributed by atoms with E-state index in [1.165, 1.54) is 29.8 Å². The van der Waals surface area contributed by atoms with Gasteiger partial charge in [0.1, 0.15) is 5.82 Å². The van der Waals surface area contributed by atoms with Gasteiger partial charge < -0.3 is 9.13 Å². The molecule has 0 unspecified atom stereocenters. The van der Waals surface area contributed by atoms with E-state index in [-0.39, 0.29) is 10.6 Å². The molecular weight excluding hydrogens is 460 g/mol. The smallest absolute Gasteiger partial charge is 0.334 e. The van der Waals surface area contributed by atoms with Crippen LogP contribution in [0, 0.1) is 5.82 Å². The van der Waals surface area contributed by atoms with Crippen LogP contribution in [0.2, 0.25) is 0 Å². The van der Waals surface area contributed by atoms with E-state index in [0.717, 1.165) is 25.0 Å². The highest BCUT2D eigenvalue weighted by Gasteiger charge is 2.31. The molecule has 1 N–H and O–H groups in total. The lowest BCUT2D eigenvalue weighted by molar-refractivity contribution is -0.137. The topological polar surface area (TPSA) is 68.9 Å². The third-order valence-electron chi connectivity index (χ3n) is 5.74. The van der Waals surface area contributed by atoms with E-state index < -0.39 is 27.6 Å². The Balaban J connectivity index is 1.73. The van der Waals surface area contributed by atoms with Crippen LogP contribution in [0.1, 0.15) is 24.4 Å². The monoisotopic (exact) mass is 478 g/mol. The summed E-state index contributed by atoms with van der Waals surface area (Å²) in [5.74, 6) is -1.05. The first kappa shape index (κ1) is 21.7. The largest absolute Gasteiger partial charge is 0.416 e. The van der Waals surface area contributed by atoms with Gasteiger partial charge in [-0.3, -0.25) is 0 Å². The highest BCUT2D eigenvalue weighted by molar-refractivity contribution is 7.89. The molecule has 0 bridgehead atoms. The van der Waals surface area contributed by atoms with Crippen molar-refractivity contribution in [2.75, 3.05) is 7.05 Å². The third-order valence-corrected chi connectivity index (χ3v) is 7.15. The summed E-state index contributed by atoms with van der Waals surface area (Å²) in [6.45, 7) is 0. The van der Waals surface area contributed by atoms with Crippen LogP contribution in [0.15, 0.2) is 60.0 Å². The van der Waals surface area contributed by atoms with Gasteiger partial charge >= 0.3 is 6.18 Å². The van der Waals surface area contributed by atoms with Crippen LogP contribution in [0.4, 0.5) is 17.6 Å². The van der Waals surface area contributed by atoms with Crippen LogP contribution in [0.3, 0.4) is 0 Å². The van der Waals surface area contributed by atoms with Gasteiger partial charge in [-0.05, 0) is 56.3 Å². The second-order valence-corrected chi connectivity index (χ2v) is 9.79. The molecule has 5 rings (SSSR count). The molecule has 0 amide bonds. The molecule has 0 aliphatic heterocycles. The summed E-state index contributed by atoms with van der Waals surface area (Å²) in [6.07, 6.45) is 2.49. The molecule has 6 nitrogen and oxygen atoms in total. The number of nitrogens with zero attached hydrogens (tertiary/aromatic N) is 3. The SMILES string of the molecule is CNS(=O)(=O)c1ccc2c(c1)c(-c1cn(C3CC3)cn1)cn2-c1ccc(C(F)(F)F)cc1F. The third kappa shape index (κ3) is 3.80. The average molecular weight is 478 g/mol. The van der Waals surface area contributed by atoms with E-state index in [4.69, 9.17) is 0 Å². The van der Waals surface area contributed by atoms with Gasteiger partial charge in [0.2, 0.25) is 10.0 Å². The standard InChI is InChI=1S/C22H18F4N4O2S/c1-27-33(31,32)15-5-7-20-16(9-15)17(19-11-29(12-28-19)14-3-4-14)10-30(20)21-6-2-13(8-18(21)23)22(24,25)26/h2,5-12,14,27H,3-4H2,1H3. The van der Waals surface area contributed by atoms with Crippen LogP contribution in [-0.4, -0.2) is 29.6 Å². The Hall–Kier alpha value is -3.18. The molecule has 1 aliphatic carbocycles. The van der Waals surface area contributed by atoms with Crippen molar-refractivity contribution in [1.29, 1.82) is 0 Å². The summed E-state index contributed by atoms with van der Waals surface area (Å²) >= 11 is 0. The summed E-state index contributed by atoms with van der Waals surface area (Å²) < 4.78 is 84.1. The molecule has 1 saturated carbocycles. The van der Waals surface area contributed by atoms with Crippen molar-refractivity contribution in [2.45, 2.75) is 30.0 Å². The zero-order valence-corrected chi connectivity index (χ0v) is 18.1. The lowest BCUT2D eigenvalue weighted by Crippen LogP contribution is -2.18. The van der Waals surface area contributed by atoms with Gasteiger partial charge in [-0.2, -0.15) is 13.2 Å². The van der Waals surface area contributed by atoms with Crippen molar-refractivity contribution >= 4 is 20.9 Å². The predicted octanol–water partition coefficient (Wildman–Crippen LogP) is 4.89. The Labute approximate surface area is 186 Å². The molecule has 0 spiro atoms. The number of aromatic nitrogens is 3. The number of halogens is 4. The minimum atomic E-state index is -4.67. The van der Waals surface area contributed by atoms with E-state index in [2.05, 4.69) is 9.71 Å². The van der Waals surface area contributed by atoms with Gasteiger partial charge in [-0.15, -0.1) is 0 Å². The number of nitrogens with one attached hydrogen (secondary N) is 1. The molecule has 33 heavy (non-hydrogen) atoms. The van der Waals surface area contributed by atoms with Gasteiger partial charge in [0.25, 0.3) is 0 Å². The second kappa shape index (κ2) is 7.42. The fourth-order valence-corrected chi connectivity index (χ4v) is 4.58. The number of alkyl halides is 3. The van der Waals surface area contributed by atoms with Gasteiger partial charge in [-0.1, -0.05) is 0 Å². The van der Waals surface area contributed by atoms with Crippen molar-refractivity contribution in [1.82, 2.24) is 18.8 Å². The van der Waals surface area contributed by atoms with Crippen LogP contribution in [0.5, 0.6) is 0 Å². The molecule has 1 aliphatic rings. The van der Waals surface area contributed by atoms with E-state index in [1.807, 2.05) is 10.8 Å². The second-order valence-electron chi connectivity index (χ2n) is 7.90. The maximum absolute atomic E-state index is 14.8. The molecule has 0 saturated heterocycles. The highest BCUT2D eigenvalue weighted by Crippen LogP contribution is 2.38. The summed E-state index contributed by atoms with van der Waals surface area (Å²) in [5.41, 5.74) is 0.338. The fourth-order valence-electron chi connectivity index (χ4n) is 3.82. The van der Waals surface area contributed by atoms with Crippen molar-refractivity contribution < 1.29 is 26.0 Å². The quantitative estimate of drug-likeness (QED) is 0.415. The molecule has 2 heterocycles. The van der Waals surface area contributed by atoms with Crippen molar-refractivity contribution in [2.24, 2.45) is 0 Å². The van der Waals surface area contributed by atoms with Crippen molar-refractivity contribution in [3.05, 3.63) is 66.5 Å². The first-order valence-corrected chi connectivity index (χ1v) is 11.6. The Bertz CT molecular complexity index is 1480. The number of hydrogen-bond donors (Lipinski definition) is 1. The number of hydrogen-bond acceptors (Lipinski definition) is 3. The molecule has 0 radical (unpaired) electrons. The Morgan fingerprint density at radius 2 is 1.85 bits per heavy atom. The zero-order chi connectivity index (χ0) is 23.5. The Morgan fingerprint density at radius 3 is 2.48 bits per heavy atom. The van der Waals surface area contributed by atoms with E-state index >= 15 is 0 Å². The summed E-state index contributed by atoms with van der Waals surface area (Å²) in [4.78, 5) is 4.43. The van der Waals surface area contributed by atoms with E-state index in [0.29, 0.717) is 34.3 Å². The van der Waals surface area contributed by atoms with Crippen molar-refractivity contribution in [3.63, 3.8) is 0 Å². The number of benzene rings is 2. The minimum Gasteiger partial charge on any atom is -0.334 e. The molecule has 0 atom stereocenters. The maximum atomic E-state index is 14.8. The number of rotatable bonds is 5. The Morgan fingerprint density at radius 1 is 1.09 bits per heavy atom. The first-order chi connectivity index (χ1) is 15.6. The molecule has 2 aromatic heterocycles. The number of sulfonamides is 1. The maximum Gasteiger partial charge on any atom is 0.416 e. The normalized spacial score (nSPS) is 14.8. The van der Waals surface area contributed by atoms with Gasteiger partial charge in [-0.25, -0.2) is 22.5 Å². The predicted molar refractivity (Wildman–Crippen MR) is 114 cm³/mol. The number of imidazole rings is 1. The Kier molecular flexibility index (Phi) is 4.87. The molecule has 1 fully saturated rings. The molecule has 11 heteroatoms. The van der Waals surface area contributed by atoms with Gasteiger partial charge in [0.15, 0.2) is 0 Å². The minimum absolute atomic E-state index is 0.00557. The van der Waals surface area contributed by atoms with Crippen LogP contribution < -0.4 is 4.72 Å². The highest BCUT2D eigenvalue weighted by atomic mass is 32.2. The summed E-state index contributed by atoms with van der Waals surface area (Å²) in [6, 6.07) is 6.99. The molecular formula is C22H18F4N4O2S. The van der Waals surface area contributed by atoms with Gasteiger partial charge in [0, 0.05) is 29.4 Å². The van der Waals surface area contributed by atoms with Crippen molar-refractivity contribution in [3.8, 4) is 16.9 Å². The van der Waals surface area contributed by atoms with E-state index in [1.54, 1.807) is 12.5 Å². The molecule has 172 valence electrons. The van der Waals surface area contributed by atoms with Gasteiger partial charge in [0.05, 0.1) is 33.7 Å². The lowest BCUT2D eigenvalue weighted by atomic mass is 10.1. The molecule has 2 aromatic carbocycles. The van der Waals surface area contributed by atoms with Crippen LogP contribution >= 0.6 is 0 Å². The van der Waals surface area contributed by atoms with E-state index in [9.17, 15) is 26.0 Å². The zero-order valence-electron chi connectivity index (χ0n) is 17.3. The van der Waals surface area contributed by atoms with Crippen LogP contribution in [-0.2, 0) is 16.2 Å². The average Bonchev–Trinajstić information content (AvgIpc) is 3.38. The fraction of sp³-hybridized carbons (Fsp3) is 0.227. The molecule has 4 aromatic rings. The number of fused-ring (bicyclic) bond motifs is 1. The summed E-state index contributed by atoms with van der Waals surface area (Å²) in [7, 11) is -2.46. The first-order valence-electron chi connectivity index (χ1n) is 10.1.